The number of aromatic nitrogens is 1. The van der Waals surface area contributed by atoms with Gasteiger partial charge in [-0.1, -0.05) is 30.4 Å². The summed E-state index contributed by atoms with van der Waals surface area (Å²) in [5.74, 6) is 1.75. The summed E-state index contributed by atoms with van der Waals surface area (Å²) in [6.07, 6.45) is 14.6. The molecule has 2 unspecified atom stereocenters. The number of nitrogens with zero attached hydrogens (tertiary/aromatic N) is 2. The zero-order chi connectivity index (χ0) is 17.2. The second-order valence-electron chi connectivity index (χ2n) is 6.15. The zero-order valence-corrected chi connectivity index (χ0v) is 14.6. The minimum absolute atomic E-state index is 0.108. The van der Waals surface area contributed by atoms with Crippen LogP contribution >= 0.6 is 0 Å². The van der Waals surface area contributed by atoms with E-state index < -0.39 is 0 Å². The van der Waals surface area contributed by atoms with Crippen LogP contribution in [0.25, 0.3) is 17.2 Å². The molecule has 1 aromatic heterocycles. The number of benzene rings is 1. The fourth-order valence-electron chi connectivity index (χ4n) is 3.54. The van der Waals surface area contributed by atoms with Crippen LogP contribution in [0.3, 0.4) is 0 Å². The summed E-state index contributed by atoms with van der Waals surface area (Å²) in [7, 11) is 0. The summed E-state index contributed by atoms with van der Waals surface area (Å²) >= 11 is 0. The third-order valence-electron chi connectivity index (χ3n) is 4.73. The Labute approximate surface area is 148 Å². The maximum absolute atomic E-state index is 6.08. The van der Waals surface area contributed by atoms with Crippen molar-refractivity contribution in [1.29, 1.82) is 0 Å². The van der Waals surface area contributed by atoms with Crippen LogP contribution < -0.4 is 4.57 Å². The summed E-state index contributed by atoms with van der Waals surface area (Å²) in [6.45, 7) is 6.06. The smallest absolute Gasteiger partial charge is 0.374 e. The summed E-state index contributed by atoms with van der Waals surface area (Å²) < 4.78 is 14.2. The number of hydrogen-bond donors (Lipinski definition) is 0. The Morgan fingerprint density at radius 1 is 1.16 bits per heavy atom. The van der Waals surface area contributed by atoms with Gasteiger partial charge in [-0.3, -0.25) is 0 Å². The van der Waals surface area contributed by atoms with E-state index in [0.717, 1.165) is 36.0 Å². The molecule has 4 rings (SSSR count). The summed E-state index contributed by atoms with van der Waals surface area (Å²) in [4.78, 5) is 2.28. The van der Waals surface area contributed by atoms with Gasteiger partial charge in [0.05, 0.1) is 12.1 Å². The number of likely N-dealkylation sites (N-methyl/N-ethyl adjacent to an activating group) is 1. The molecule has 0 saturated carbocycles. The molecule has 4 nitrogen and oxygen atoms in total. The molecule has 0 radical (unpaired) electrons. The van der Waals surface area contributed by atoms with Gasteiger partial charge in [-0.15, -0.1) is 0 Å². The van der Waals surface area contributed by atoms with Gasteiger partial charge in [-0.2, -0.15) is 4.57 Å². The van der Waals surface area contributed by atoms with Gasteiger partial charge < -0.3 is 14.1 Å². The van der Waals surface area contributed by atoms with E-state index in [2.05, 4.69) is 47.6 Å². The lowest BCUT2D eigenvalue weighted by atomic mass is 10.1. The van der Waals surface area contributed by atoms with Crippen LogP contribution in [-0.2, 0) is 11.3 Å². The van der Waals surface area contributed by atoms with Crippen LogP contribution in [0.15, 0.2) is 71.0 Å². The number of para-hydroxylation sites is 2. The van der Waals surface area contributed by atoms with Crippen molar-refractivity contribution in [3.05, 3.63) is 72.5 Å². The van der Waals surface area contributed by atoms with Crippen LogP contribution in [0.1, 0.15) is 19.7 Å². The second-order valence-corrected chi connectivity index (χ2v) is 6.15. The lowest BCUT2D eigenvalue weighted by molar-refractivity contribution is -0.674. The van der Waals surface area contributed by atoms with Crippen molar-refractivity contribution >= 4 is 17.2 Å². The van der Waals surface area contributed by atoms with Crippen LogP contribution in [0.5, 0.6) is 0 Å². The SMILES string of the molecule is CCN1C(=CC=Cc2oc3ccccc3[n+]2CC)OC2C=CC=CC21. The van der Waals surface area contributed by atoms with Crippen molar-refractivity contribution < 1.29 is 13.7 Å². The maximum atomic E-state index is 6.08. The van der Waals surface area contributed by atoms with Gasteiger partial charge in [0.15, 0.2) is 5.88 Å². The fourth-order valence-corrected chi connectivity index (χ4v) is 3.54. The number of hydrogen-bond acceptors (Lipinski definition) is 3. The monoisotopic (exact) mass is 335 g/mol. The van der Waals surface area contributed by atoms with Crippen molar-refractivity contribution in [2.45, 2.75) is 32.5 Å². The Bertz CT molecular complexity index is 888. The minimum Gasteiger partial charge on any atom is -0.469 e. The average Bonchev–Trinajstić information content (AvgIpc) is 3.18. The van der Waals surface area contributed by atoms with Crippen molar-refractivity contribution in [3.63, 3.8) is 0 Å². The molecule has 2 aliphatic rings. The molecule has 2 heterocycles. The van der Waals surface area contributed by atoms with E-state index in [1.165, 1.54) is 0 Å². The van der Waals surface area contributed by atoms with E-state index in [1.54, 1.807) is 0 Å². The normalized spacial score (nSPS) is 23.8. The molecule has 2 aromatic rings. The predicted molar refractivity (Wildman–Crippen MR) is 98.5 cm³/mol. The molecule has 128 valence electrons. The largest absolute Gasteiger partial charge is 0.469 e. The number of ether oxygens (including phenoxy) is 1. The number of aryl methyl sites for hydroxylation is 1. The van der Waals surface area contributed by atoms with Crippen LogP contribution in [0.2, 0.25) is 0 Å². The van der Waals surface area contributed by atoms with Crippen LogP contribution in [0, 0.1) is 0 Å². The molecule has 2 atom stereocenters. The molecular formula is C21H23N2O2+. The summed E-state index contributed by atoms with van der Waals surface area (Å²) in [6, 6.07) is 8.41. The Hall–Kier alpha value is -2.75. The lowest BCUT2D eigenvalue weighted by Gasteiger charge is -2.22. The number of fused-ring (bicyclic) bond motifs is 2. The highest BCUT2D eigenvalue weighted by atomic mass is 16.5. The Morgan fingerprint density at radius 3 is 2.84 bits per heavy atom. The molecule has 0 bridgehead atoms. The first-order valence-corrected chi connectivity index (χ1v) is 8.90. The number of rotatable bonds is 4. The molecule has 1 aliphatic carbocycles. The standard InChI is InChI=1S/C21H23N2O2/c1-3-22-16-10-5-7-12-18(16)24-20(22)14-9-15-21-23(4-2)17-11-6-8-13-19(17)25-21/h5-16,18H,3-4H2,1-2H3/q+1. The van der Waals surface area contributed by atoms with E-state index >= 15 is 0 Å². The molecular weight excluding hydrogens is 312 g/mol. The average molecular weight is 335 g/mol. The van der Waals surface area contributed by atoms with E-state index in [1.807, 2.05) is 42.5 Å². The predicted octanol–water partition coefficient (Wildman–Crippen LogP) is 3.81. The molecule has 1 saturated heterocycles. The van der Waals surface area contributed by atoms with Gasteiger partial charge in [-0.25, -0.2) is 0 Å². The molecule has 1 aliphatic heterocycles. The van der Waals surface area contributed by atoms with E-state index in [9.17, 15) is 0 Å². The Morgan fingerprint density at radius 2 is 2.00 bits per heavy atom. The highest BCUT2D eigenvalue weighted by Crippen LogP contribution is 2.29. The first-order valence-electron chi connectivity index (χ1n) is 8.90. The van der Waals surface area contributed by atoms with E-state index in [-0.39, 0.29) is 6.10 Å². The molecule has 25 heavy (non-hydrogen) atoms. The van der Waals surface area contributed by atoms with Crippen LogP contribution in [-0.4, -0.2) is 23.6 Å². The van der Waals surface area contributed by atoms with Gasteiger partial charge in [0.1, 0.15) is 12.6 Å². The summed E-state index contributed by atoms with van der Waals surface area (Å²) in [5, 5.41) is 0. The third-order valence-corrected chi connectivity index (χ3v) is 4.73. The second kappa shape index (κ2) is 6.63. The fraction of sp³-hybridized carbons (Fsp3) is 0.286. The van der Waals surface area contributed by atoms with Gasteiger partial charge in [0.2, 0.25) is 5.58 Å². The molecule has 1 fully saturated rings. The Kier molecular flexibility index (Phi) is 4.18. The van der Waals surface area contributed by atoms with Gasteiger partial charge in [0.25, 0.3) is 5.52 Å². The topological polar surface area (TPSA) is 29.5 Å². The van der Waals surface area contributed by atoms with Gasteiger partial charge in [0, 0.05) is 12.6 Å². The molecule has 4 heteroatoms. The third kappa shape index (κ3) is 2.78. The highest BCUT2D eigenvalue weighted by molar-refractivity contribution is 5.69. The first-order chi connectivity index (χ1) is 12.3. The zero-order valence-electron chi connectivity index (χ0n) is 14.6. The van der Waals surface area contributed by atoms with Gasteiger partial charge >= 0.3 is 5.89 Å². The van der Waals surface area contributed by atoms with Crippen molar-refractivity contribution in [3.8, 4) is 0 Å². The maximum Gasteiger partial charge on any atom is 0.374 e. The van der Waals surface area contributed by atoms with Crippen molar-refractivity contribution in [1.82, 2.24) is 4.90 Å². The Balaban J connectivity index is 1.61. The van der Waals surface area contributed by atoms with E-state index in [0.29, 0.717) is 6.04 Å². The van der Waals surface area contributed by atoms with Gasteiger partial charge in [-0.05, 0) is 38.1 Å². The summed E-state index contributed by atoms with van der Waals surface area (Å²) in [5.41, 5.74) is 2.02. The number of oxazole rings is 1. The van der Waals surface area contributed by atoms with Crippen LogP contribution in [0.4, 0.5) is 0 Å². The van der Waals surface area contributed by atoms with E-state index in [4.69, 9.17) is 9.15 Å². The first kappa shape index (κ1) is 15.8. The van der Waals surface area contributed by atoms with Crippen molar-refractivity contribution in [2.24, 2.45) is 0 Å². The van der Waals surface area contributed by atoms with Crippen molar-refractivity contribution in [2.75, 3.05) is 6.54 Å². The lowest BCUT2D eigenvalue weighted by Crippen LogP contribution is -2.33. The number of allylic oxidation sites excluding steroid dienone is 4. The quantitative estimate of drug-likeness (QED) is 0.796. The molecule has 0 spiro atoms. The minimum atomic E-state index is 0.108. The molecule has 0 N–H and O–H groups in total. The molecule has 1 aromatic carbocycles. The molecule has 0 amide bonds. The highest BCUT2D eigenvalue weighted by Gasteiger charge is 2.35.